The molecule has 3 heteroatoms. The van der Waals surface area contributed by atoms with Gasteiger partial charge in [0.1, 0.15) is 0 Å². The van der Waals surface area contributed by atoms with Gasteiger partial charge >= 0.3 is 0 Å². The summed E-state index contributed by atoms with van der Waals surface area (Å²) in [5.41, 5.74) is 1.41. The van der Waals surface area contributed by atoms with Crippen LogP contribution in [0.15, 0.2) is 24.3 Å². The molecule has 1 N–H and O–H groups in total. The quantitative estimate of drug-likeness (QED) is 0.812. The minimum atomic E-state index is -0.0491. The second kappa shape index (κ2) is 5.62. The maximum Gasteiger partial charge on any atom is 0.226 e. The summed E-state index contributed by atoms with van der Waals surface area (Å²) in [6.45, 7) is 7.42. The Kier molecular flexibility index (Phi) is 4.44. The van der Waals surface area contributed by atoms with Crippen LogP contribution in [0.5, 0.6) is 0 Å². The molecule has 92 valence electrons. The molecular formula is C14H19NO2. The molecule has 0 aliphatic rings. The predicted octanol–water partition coefficient (Wildman–Crippen LogP) is 3.12. The molecule has 0 saturated carbocycles. The minimum Gasteiger partial charge on any atom is -0.326 e. The lowest BCUT2D eigenvalue weighted by atomic mass is 10.0. The lowest BCUT2D eigenvalue weighted by Crippen LogP contribution is -2.17. The second-order valence-electron chi connectivity index (χ2n) is 4.74. The van der Waals surface area contributed by atoms with E-state index in [4.69, 9.17) is 0 Å². The van der Waals surface area contributed by atoms with Crippen molar-refractivity contribution < 1.29 is 9.59 Å². The molecule has 0 unspecified atom stereocenters. The van der Waals surface area contributed by atoms with Gasteiger partial charge in [0.2, 0.25) is 5.91 Å². The molecule has 1 aromatic carbocycles. The summed E-state index contributed by atoms with van der Waals surface area (Å²) >= 11 is 0. The molecule has 1 amide bonds. The van der Waals surface area contributed by atoms with Gasteiger partial charge in [0.25, 0.3) is 0 Å². The van der Waals surface area contributed by atoms with Crippen molar-refractivity contribution in [2.24, 2.45) is 11.8 Å². The van der Waals surface area contributed by atoms with Crippen LogP contribution in [-0.2, 0) is 4.79 Å². The lowest BCUT2D eigenvalue weighted by Gasteiger charge is -2.09. The summed E-state index contributed by atoms with van der Waals surface area (Å²) in [6, 6.07) is 7.02. The topological polar surface area (TPSA) is 46.2 Å². The first kappa shape index (κ1) is 13.4. The standard InChI is InChI=1S/C14H19NO2/c1-9(2)13(16)11-5-7-12(8-6-11)15-14(17)10(3)4/h5-10H,1-4H3,(H,15,17). The Morgan fingerprint density at radius 1 is 0.941 bits per heavy atom. The van der Waals surface area contributed by atoms with Crippen LogP contribution < -0.4 is 5.32 Å². The maximum absolute atomic E-state index is 11.7. The van der Waals surface area contributed by atoms with Gasteiger partial charge in [-0.05, 0) is 24.3 Å². The molecular weight excluding hydrogens is 214 g/mol. The number of rotatable bonds is 4. The number of amides is 1. The van der Waals surface area contributed by atoms with Crippen LogP contribution in [0.1, 0.15) is 38.1 Å². The van der Waals surface area contributed by atoms with E-state index in [0.717, 1.165) is 5.69 Å². The van der Waals surface area contributed by atoms with E-state index < -0.39 is 0 Å². The van der Waals surface area contributed by atoms with Crippen LogP contribution in [0.4, 0.5) is 5.69 Å². The third kappa shape index (κ3) is 3.70. The van der Waals surface area contributed by atoms with Crippen molar-refractivity contribution in [1.82, 2.24) is 0 Å². The van der Waals surface area contributed by atoms with Crippen molar-refractivity contribution in [3.8, 4) is 0 Å². The lowest BCUT2D eigenvalue weighted by molar-refractivity contribution is -0.118. The largest absolute Gasteiger partial charge is 0.326 e. The van der Waals surface area contributed by atoms with E-state index in [2.05, 4.69) is 5.32 Å². The van der Waals surface area contributed by atoms with E-state index in [1.165, 1.54) is 0 Å². The van der Waals surface area contributed by atoms with E-state index in [1.54, 1.807) is 24.3 Å². The monoisotopic (exact) mass is 233 g/mol. The summed E-state index contributed by atoms with van der Waals surface area (Å²) in [7, 11) is 0. The van der Waals surface area contributed by atoms with Gasteiger partial charge in [0, 0.05) is 23.1 Å². The summed E-state index contributed by atoms with van der Waals surface area (Å²) in [5.74, 6) is 0.0396. The highest BCUT2D eigenvalue weighted by Crippen LogP contribution is 2.14. The summed E-state index contributed by atoms with van der Waals surface area (Å²) in [6.07, 6.45) is 0. The summed E-state index contributed by atoms with van der Waals surface area (Å²) in [4.78, 5) is 23.2. The zero-order valence-corrected chi connectivity index (χ0v) is 10.8. The fourth-order valence-electron chi connectivity index (χ4n) is 1.34. The van der Waals surface area contributed by atoms with Gasteiger partial charge < -0.3 is 5.32 Å². The molecule has 0 aliphatic heterocycles. The summed E-state index contributed by atoms with van der Waals surface area (Å²) in [5, 5.41) is 2.79. The molecule has 0 heterocycles. The average Bonchev–Trinajstić information content (AvgIpc) is 2.28. The Bertz CT molecular complexity index is 405. The van der Waals surface area contributed by atoms with E-state index in [1.807, 2.05) is 27.7 Å². The number of anilines is 1. The number of carbonyl (C=O) groups is 2. The molecule has 3 nitrogen and oxygen atoms in total. The minimum absolute atomic E-state index is 0.00824. The normalized spacial score (nSPS) is 10.7. The van der Waals surface area contributed by atoms with Gasteiger partial charge in [0.15, 0.2) is 5.78 Å². The van der Waals surface area contributed by atoms with Crippen LogP contribution in [0, 0.1) is 11.8 Å². The van der Waals surface area contributed by atoms with E-state index in [9.17, 15) is 9.59 Å². The van der Waals surface area contributed by atoms with Gasteiger partial charge in [-0.2, -0.15) is 0 Å². The number of ketones is 1. The van der Waals surface area contributed by atoms with Crippen molar-refractivity contribution in [2.45, 2.75) is 27.7 Å². The molecule has 0 spiro atoms. The van der Waals surface area contributed by atoms with Gasteiger partial charge in [-0.3, -0.25) is 9.59 Å². The van der Waals surface area contributed by atoms with Crippen LogP contribution in [0.3, 0.4) is 0 Å². The number of hydrogen-bond acceptors (Lipinski definition) is 2. The molecule has 17 heavy (non-hydrogen) atoms. The van der Waals surface area contributed by atoms with Gasteiger partial charge in [0.05, 0.1) is 0 Å². The predicted molar refractivity (Wildman–Crippen MR) is 69.1 cm³/mol. The Balaban J connectivity index is 2.75. The number of Topliss-reactive ketones (excluding diaryl/α,β-unsaturated/α-hetero) is 1. The third-order valence-electron chi connectivity index (χ3n) is 2.49. The molecule has 0 atom stereocenters. The van der Waals surface area contributed by atoms with Crippen molar-refractivity contribution in [3.63, 3.8) is 0 Å². The van der Waals surface area contributed by atoms with Crippen LogP contribution >= 0.6 is 0 Å². The number of carbonyl (C=O) groups excluding carboxylic acids is 2. The highest BCUT2D eigenvalue weighted by molar-refractivity contribution is 5.98. The van der Waals surface area contributed by atoms with Gasteiger partial charge in [-0.1, -0.05) is 27.7 Å². The Hall–Kier alpha value is -1.64. The Labute approximate surface area is 102 Å². The first-order chi connectivity index (χ1) is 7.91. The highest BCUT2D eigenvalue weighted by Gasteiger charge is 2.11. The SMILES string of the molecule is CC(C)C(=O)Nc1ccc(C(=O)C(C)C)cc1. The molecule has 1 rings (SSSR count). The number of benzene rings is 1. The first-order valence-electron chi connectivity index (χ1n) is 5.87. The molecule has 0 saturated heterocycles. The first-order valence-corrected chi connectivity index (χ1v) is 5.87. The molecule has 0 bridgehead atoms. The maximum atomic E-state index is 11.7. The summed E-state index contributed by atoms with van der Waals surface area (Å²) < 4.78 is 0. The Morgan fingerprint density at radius 3 is 1.88 bits per heavy atom. The van der Waals surface area contributed by atoms with Crippen LogP contribution in [-0.4, -0.2) is 11.7 Å². The van der Waals surface area contributed by atoms with Crippen molar-refractivity contribution in [1.29, 1.82) is 0 Å². The van der Waals surface area contributed by atoms with Crippen molar-refractivity contribution in [3.05, 3.63) is 29.8 Å². The zero-order chi connectivity index (χ0) is 13.0. The van der Waals surface area contributed by atoms with Crippen LogP contribution in [0.25, 0.3) is 0 Å². The number of hydrogen-bond donors (Lipinski definition) is 1. The average molecular weight is 233 g/mol. The fraction of sp³-hybridized carbons (Fsp3) is 0.429. The van der Waals surface area contributed by atoms with E-state index in [0.29, 0.717) is 5.56 Å². The smallest absolute Gasteiger partial charge is 0.226 e. The Morgan fingerprint density at radius 2 is 1.47 bits per heavy atom. The number of nitrogens with one attached hydrogen (secondary N) is 1. The van der Waals surface area contributed by atoms with Gasteiger partial charge in [-0.25, -0.2) is 0 Å². The third-order valence-corrected chi connectivity index (χ3v) is 2.49. The molecule has 0 radical (unpaired) electrons. The van der Waals surface area contributed by atoms with E-state index >= 15 is 0 Å². The molecule has 0 fully saturated rings. The van der Waals surface area contributed by atoms with Crippen molar-refractivity contribution in [2.75, 3.05) is 5.32 Å². The fourth-order valence-corrected chi connectivity index (χ4v) is 1.34. The van der Waals surface area contributed by atoms with Gasteiger partial charge in [-0.15, -0.1) is 0 Å². The molecule has 0 aliphatic carbocycles. The van der Waals surface area contributed by atoms with Crippen molar-refractivity contribution >= 4 is 17.4 Å². The molecule has 0 aromatic heterocycles. The van der Waals surface area contributed by atoms with E-state index in [-0.39, 0.29) is 23.5 Å². The van der Waals surface area contributed by atoms with Crippen LogP contribution in [0.2, 0.25) is 0 Å². The zero-order valence-electron chi connectivity index (χ0n) is 10.8. The highest BCUT2D eigenvalue weighted by atomic mass is 16.1. The second-order valence-corrected chi connectivity index (χ2v) is 4.74. The molecule has 1 aromatic rings.